The second-order valence-corrected chi connectivity index (χ2v) is 5.73. The van der Waals surface area contributed by atoms with Gasteiger partial charge in [-0.2, -0.15) is 0 Å². The number of pyridine rings is 1. The first-order valence-corrected chi connectivity index (χ1v) is 7.56. The first kappa shape index (κ1) is 15.4. The van der Waals surface area contributed by atoms with Crippen LogP contribution in [0, 0.1) is 0 Å². The molecule has 1 amide bonds. The maximum absolute atomic E-state index is 12.1. The summed E-state index contributed by atoms with van der Waals surface area (Å²) in [5.74, 6) is -0.334. The fraction of sp³-hybridized carbons (Fsp3) is 0.600. The number of aliphatic hydroxyl groups excluding tert-OH is 2. The van der Waals surface area contributed by atoms with Gasteiger partial charge in [0.25, 0.3) is 5.91 Å². The van der Waals surface area contributed by atoms with E-state index in [2.05, 4.69) is 10.3 Å². The molecule has 2 heterocycles. The molecule has 22 heavy (non-hydrogen) atoms. The second-order valence-electron chi connectivity index (χ2n) is 5.73. The van der Waals surface area contributed by atoms with Gasteiger partial charge in [0.05, 0.1) is 37.5 Å². The van der Waals surface area contributed by atoms with Gasteiger partial charge in [-0.25, -0.2) is 0 Å². The number of morpholine rings is 1. The summed E-state index contributed by atoms with van der Waals surface area (Å²) in [7, 11) is 0. The van der Waals surface area contributed by atoms with Gasteiger partial charge >= 0.3 is 0 Å². The fourth-order valence-electron chi connectivity index (χ4n) is 3.22. The van der Waals surface area contributed by atoms with E-state index >= 15 is 0 Å². The number of nitrogens with zero attached hydrogens (tertiary/aromatic N) is 2. The van der Waals surface area contributed by atoms with Crippen LogP contribution in [0.1, 0.15) is 16.9 Å². The molecule has 1 aliphatic carbocycles. The van der Waals surface area contributed by atoms with Gasteiger partial charge in [-0.05, 0) is 18.6 Å². The van der Waals surface area contributed by atoms with E-state index in [0.29, 0.717) is 38.4 Å². The number of ether oxygens (including phenoxy) is 1. The molecular formula is C15H21N3O4. The van der Waals surface area contributed by atoms with Crippen LogP contribution in [0.2, 0.25) is 0 Å². The van der Waals surface area contributed by atoms with Crippen LogP contribution in [0.4, 0.5) is 0 Å². The van der Waals surface area contributed by atoms with Gasteiger partial charge in [0.1, 0.15) is 5.69 Å². The Balaban J connectivity index is 1.64. The molecule has 1 aliphatic heterocycles. The molecule has 1 aromatic heterocycles. The van der Waals surface area contributed by atoms with Crippen molar-refractivity contribution in [3.63, 3.8) is 0 Å². The van der Waals surface area contributed by atoms with E-state index in [4.69, 9.17) is 4.74 Å². The van der Waals surface area contributed by atoms with E-state index < -0.39 is 18.2 Å². The largest absolute Gasteiger partial charge is 0.391 e. The Hall–Kier alpha value is -1.54. The number of rotatable bonds is 3. The zero-order valence-corrected chi connectivity index (χ0v) is 12.3. The lowest BCUT2D eigenvalue weighted by atomic mass is 10.1. The highest BCUT2D eigenvalue weighted by atomic mass is 16.5. The van der Waals surface area contributed by atoms with Gasteiger partial charge in [-0.3, -0.25) is 14.7 Å². The number of hydrogen-bond donors (Lipinski definition) is 3. The summed E-state index contributed by atoms with van der Waals surface area (Å²) >= 11 is 0. The molecule has 3 rings (SSSR count). The van der Waals surface area contributed by atoms with Crippen molar-refractivity contribution < 1.29 is 19.7 Å². The highest BCUT2D eigenvalue weighted by Crippen LogP contribution is 2.26. The molecule has 120 valence electrons. The van der Waals surface area contributed by atoms with Crippen molar-refractivity contribution >= 4 is 5.91 Å². The molecule has 3 N–H and O–H groups in total. The van der Waals surface area contributed by atoms with E-state index in [-0.39, 0.29) is 11.9 Å². The summed E-state index contributed by atoms with van der Waals surface area (Å²) in [6.07, 6.45) is 0.413. The molecule has 0 radical (unpaired) electrons. The van der Waals surface area contributed by atoms with Crippen molar-refractivity contribution in [2.24, 2.45) is 0 Å². The van der Waals surface area contributed by atoms with Gasteiger partial charge in [-0.1, -0.05) is 6.07 Å². The van der Waals surface area contributed by atoms with E-state index in [1.807, 2.05) is 4.90 Å². The van der Waals surface area contributed by atoms with E-state index in [9.17, 15) is 15.0 Å². The molecule has 7 nitrogen and oxygen atoms in total. The minimum atomic E-state index is -0.805. The molecule has 2 fully saturated rings. The maximum Gasteiger partial charge on any atom is 0.270 e. The summed E-state index contributed by atoms with van der Waals surface area (Å²) in [5, 5.41) is 23.5. The molecule has 1 aromatic rings. The predicted molar refractivity (Wildman–Crippen MR) is 78.3 cm³/mol. The molecule has 0 unspecified atom stereocenters. The smallest absolute Gasteiger partial charge is 0.270 e. The topological polar surface area (TPSA) is 94.9 Å². The Morgan fingerprint density at radius 1 is 1.32 bits per heavy atom. The van der Waals surface area contributed by atoms with E-state index in [1.54, 1.807) is 24.4 Å². The number of aromatic nitrogens is 1. The van der Waals surface area contributed by atoms with Crippen molar-refractivity contribution in [3.05, 3.63) is 30.1 Å². The third kappa shape index (κ3) is 3.12. The average molecular weight is 307 g/mol. The average Bonchev–Trinajstić information content (AvgIpc) is 2.83. The number of carbonyl (C=O) groups is 1. The Labute approximate surface area is 128 Å². The van der Waals surface area contributed by atoms with Gasteiger partial charge < -0.3 is 20.3 Å². The van der Waals surface area contributed by atoms with Gasteiger partial charge in [0, 0.05) is 19.3 Å². The zero-order chi connectivity index (χ0) is 15.5. The van der Waals surface area contributed by atoms with Crippen molar-refractivity contribution in [3.8, 4) is 0 Å². The van der Waals surface area contributed by atoms with Crippen molar-refractivity contribution in [2.45, 2.75) is 30.7 Å². The van der Waals surface area contributed by atoms with Crippen molar-refractivity contribution in [1.82, 2.24) is 15.2 Å². The van der Waals surface area contributed by atoms with Gasteiger partial charge in [0.15, 0.2) is 0 Å². The van der Waals surface area contributed by atoms with Crippen LogP contribution >= 0.6 is 0 Å². The summed E-state index contributed by atoms with van der Waals surface area (Å²) in [6, 6.07) is 4.25. The molecule has 7 heteroatoms. The quantitative estimate of drug-likeness (QED) is 0.663. The first-order chi connectivity index (χ1) is 10.7. The van der Waals surface area contributed by atoms with Crippen molar-refractivity contribution in [1.29, 1.82) is 0 Å². The zero-order valence-electron chi connectivity index (χ0n) is 12.3. The van der Waals surface area contributed by atoms with Crippen LogP contribution < -0.4 is 5.32 Å². The first-order valence-electron chi connectivity index (χ1n) is 7.56. The standard InChI is InChI=1S/C15H21N3O4/c19-12-9-11(17-15(21)10-3-1-2-4-16-10)14(20)13(12)18-5-7-22-8-6-18/h1-4,11-14,19-20H,5-9H2,(H,17,21)/t11-,12+,13-,14-/m1/s1. The van der Waals surface area contributed by atoms with Crippen molar-refractivity contribution in [2.75, 3.05) is 26.3 Å². The predicted octanol–water partition coefficient (Wildman–Crippen LogP) is -0.994. The van der Waals surface area contributed by atoms with E-state index in [1.165, 1.54) is 0 Å². The number of nitrogens with one attached hydrogen (secondary N) is 1. The Kier molecular flexibility index (Phi) is 4.68. The SMILES string of the molecule is O=C(N[C@@H]1C[C@H](O)[C@@H](N2CCOCC2)[C@@H]1O)c1ccccn1. The lowest BCUT2D eigenvalue weighted by Crippen LogP contribution is -2.53. The number of hydrogen-bond acceptors (Lipinski definition) is 6. The summed E-state index contributed by atoms with van der Waals surface area (Å²) < 4.78 is 5.30. The normalized spacial score (nSPS) is 32.8. The van der Waals surface area contributed by atoms with Crippen LogP contribution in [-0.2, 0) is 4.74 Å². The maximum atomic E-state index is 12.1. The summed E-state index contributed by atoms with van der Waals surface area (Å²) in [5.41, 5.74) is 0.305. The number of carbonyl (C=O) groups excluding carboxylic acids is 1. The molecular weight excluding hydrogens is 286 g/mol. The Bertz CT molecular complexity index is 507. The molecule has 0 bridgehead atoms. The lowest BCUT2D eigenvalue weighted by Gasteiger charge is -2.35. The monoisotopic (exact) mass is 307 g/mol. The second kappa shape index (κ2) is 6.70. The highest BCUT2D eigenvalue weighted by molar-refractivity contribution is 5.92. The van der Waals surface area contributed by atoms with Crippen LogP contribution in [-0.4, -0.2) is 76.6 Å². The Morgan fingerprint density at radius 3 is 2.77 bits per heavy atom. The van der Waals surface area contributed by atoms with E-state index in [0.717, 1.165) is 0 Å². The van der Waals surface area contributed by atoms with Crippen LogP contribution in [0.3, 0.4) is 0 Å². The molecule has 1 saturated heterocycles. The van der Waals surface area contributed by atoms with Gasteiger partial charge in [-0.15, -0.1) is 0 Å². The third-order valence-corrected chi connectivity index (χ3v) is 4.33. The van der Waals surface area contributed by atoms with Crippen LogP contribution in [0.5, 0.6) is 0 Å². The van der Waals surface area contributed by atoms with Crippen LogP contribution in [0.25, 0.3) is 0 Å². The summed E-state index contributed by atoms with van der Waals surface area (Å²) in [6.45, 7) is 2.56. The van der Waals surface area contributed by atoms with Gasteiger partial charge in [0.2, 0.25) is 0 Å². The Morgan fingerprint density at radius 2 is 2.09 bits per heavy atom. The third-order valence-electron chi connectivity index (χ3n) is 4.33. The number of aliphatic hydroxyl groups is 2. The fourth-order valence-corrected chi connectivity index (χ4v) is 3.22. The van der Waals surface area contributed by atoms with Crippen LogP contribution in [0.15, 0.2) is 24.4 Å². The molecule has 0 spiro atoms. The molecule has 0 aromatic carbocycles. The summed E-state index contributed by atoms with van der Waals surface area (Å²) in [4.78, 5) is 18.2. The minimum absolute atomic E-state index is 0.305. The lowest BCUT2D eigenvalue weighted by molar-refractivity contribution is -0.0436. The number of amides is 1. The molecule has 1 saturated carbocycles. The minimum Gasteiger partial charge on any atom is -0.391 e. The molecule has 4 atom stereocenters. The molecule has 2 aliphatic rings. The highest BCUT2D eigenvalue weighted by Gasteiger charge is 2.45.